The summed E-state index contributed by atoms with van der Waals surface area (Å²) in [4.78, 5) is 11.9. The van der Waals surface area contributed by atoms with Crippen molar-refractivity contribution in [3.63, 3.8) is 0 Å². The summed E-state index contributed by atoms with van der Waals surface area (Å²) in [5, 5.41) is 11.2. The molecule has 1 N–H and O–H groups in total. The third-order valence-electron chi connectivity index (χ3n) is 2.73. The van der Waals surface area contributed by atoms with Gasteiger partial charge in [0.25, 0.3) is 5.91 Å². The molecule has 3 nitrogen and oxygen atoms in total. The molecule has 0 aliphatic heterocycles. The topological polar surface area (TPSA) is 52.9 Å². The number of hydrogen-bond donors (Lipinski definition) is 1. The molecule has 0 saturated carbocycles. The number of carbonyl (C=O) groups excluding carboxylic acids is 1. The number of carbonyl (C=O) groups is 1. The third-order valence-corrected chi connectivity index (χ3v) is 3.02. The van der Waals surface area contributed by atoms with Gasteiger partial charge < -0.3 is 5.32 Å². The van der Waals surface area contributed by atoms with Crippen LogP contribution in [-0.4, -0.2) is 5.91 Å². The van der Waals surface area contributed by atoms with E-state index in [2.05, 4.69) is 5.32 Å². The molecule has 5 heteroatoms. The molecule has 0 saturated heterocycles. The summed E-state index contributed by atoms with van der Waals surface area (Å²) in [7, 11) is 0. The van der Waals surface area contributed by atoms with Gasteiger partial charge in [-0.2, -0.15) is 5.26 Å². The molecule has 0 atom stereocenters. The van der Waals surface area contributed by atoms with Gasteiger partial charge in [-0.15, -0.1) is 0 Å². The van der Waals surface area contributed by atoms with Gasteiger partial charge in [-0.25, -0.2) is 4.39 Å². The van der Waals surface area contributed by atoms with E-state index in [1.165, 1.54) is 18.2 Å². The molecule has 2 aromatic carbocycles. The molecule has 2 aromatic rings. The molecule has 0 unspecified atom stereocenters. The van der Waals surface area contributed by atoms with Gasteiger partial charge in [-0.3, -0.25) is 4.79 Å². The van der Waals surface area contributed by atoms with Crippen molar-refractivity contribution in [1.29, 1.82) is 5.26 Å². The lowest BCUT2D eigenvalue weighted by atomic mass is 10.1. The van der Waals surface area contributed by atoms with Crippen LogP contribution in [0.5, 0.6) is 0 Å². The Morgan fingerprint density at radius 2 is 1.95 bits per heavy atom. The van der Waals surface area contributed by atoms with Gasteiger partial charge in [-0.1, -0.05) is 29.8 Å². The van der Waals surface area contributed by atoms with E-state index in [-0.39, 0.29) is 17.1 Å². The number of hydrogen-bond acceptors (Lipinski definition) is 2. The zero-order valence-electron chi connectivity index (χ0n) is 10.4. The van der Waals surface area contributed by atoms with E-state index >= 15 is 0 Å². The monoisotopic (exact) mass is 288 g/mol. The van der Waals surface area contributed by atoms with Gasteiger partial charge in [0.05, 0.1) is 22.2 Å². The highest BCUT2D eigenvalue weighted by molar-refractivity contribution is 6.31. The van der Waals surface area contributed by atoms with Crippen molar-refractivity contribution in [2.45, 2.75) is 6.54 Å². The number of rotatable bonds is 3. The maximum Gasteiger partial charge on any atom is 0.254 e. The molecule has 0 fully saturated rings. The van der Waals surface area contributed by atoms with Crippen molar-refractivity contribution >= 4 is 17.5 Å². The average Bonchev–Trinajstić information content (AvgIpc) is 2.48. The smallest absolute Gasteiger partial charge is 0.254 e. The van der Waals surface area contributed by atoms with Crippen LogP contribution in [0.1, 0.15) is 21.5 Å². The second-order valence-electron chi connectivity index (χ2n) is 4.09. The fraction of sp³-hybridized carbons (Fsp3) is 0.0667. The van der Waals surface area contributed by atoms with E-state index in [1.54, 1.807) is 24.3 Å². The van der Waals surface area contributed by atoms with Crippen LogP contribution in [-0.2, 0) is 6.54 Å². The summed E-state index contributed by atoms with van der Waals surface area (Å²) < 4.78 is 13.6. The highest BCUT2D eigenvalue weighted by Crippen LogP contribution is 2.17. The largest absolute Gasteiger partial charge is 0.348 e. The maximum absolute atomic E-state index is 13.6. The van der Waals surface area contributed by atoms with E-state index in [0.29, 0.717) is 5.56 Å². The Hall–Kier alpha value is -2.38. The number of nitrogens with one attached hydrogen (secondary N) is 1. The highest BCUT2D eigenvalue weighted by Gasteiger charge is 2.13. The first kappa shape index (κ1) is 14.0. The van der Waals surface area contributed by atoms with Gasteiger partial charge in [0.2, 0.25) is 0 Å². The van der Waals surface area contributed by atoms with Gasteiger partial charge >= 0.3 is 0 Å². The average molecular weight is 289 g/mol. The fourth-order valence-corrected chi connectivity index (χ4v) is 1.83. The summed E-state index contributed by atoms with van der Waals surface area (Å²) in [5.74, 6) is -1.26. The highest BCUT2D eigenvalue weighted by atomic mass is 35.5. The fourth-order valence-electron chi connectivity index (χ4n) is 1.65. The molecule has 0 aromatic heterocycles. The molecule has 100 valence electrons. The van der Waals surface area contributed by atoms with Crippen LogP contribution in [0, 0.1) is 17.1 Å². The van der Waals surface area contributed by atoms with Gasteiger partial charge in [0.15, 0.2) is 5.82 Å². The van der Waals surface area contributed by atoms with Crippen molar-refractivity contribution in [3.8, 4) is 6.07 Å². The van der Waals surface area contributed by atoms with Gasteiger partial charge in [-0.05, 0) is 29.8 Å². The standard InChI is InChI=1S/C15H10ClFN2O/c16-13-3-1-2-12(14(13)17)15(20)19-9-11-6-4-10(8-18)5-7-11/h1-7H,9H2,(H,19,20). The van der Waals surface area contributed by atoms with Gasteiger partial charge in [0, 0.05) is 6.54 Å². The minimum Gasteiger partial charge on any atom is -0.348 e. The predicted octanol–water partition coefficient (Wildman–Crippen LogP) is 3.28. The van der Waals surface area contributed by atoms with Crippen LogP contribution in [0.25, 0.3) is 0 Å². The molecule has 0 heterocycles. The van der Waals surface area contributed by atoms with Gasteiger partial charge in [0.1, 0.15) is 0 Å². The van der Waals surface area contributed by atoms with Crippen molar-refractivity contribution in [2.24, 2.45) is 0 Å². The van der Waals surface area contributed by atoms with Crippen LogP contribution in [0.4, 0.5) is 4.39 Å². The van der Waals surface area contributed by atoms with E-state index in [1.807, 2.05) is 6.07 Å². The molecule has 0 radical (unpaired) electrons. The van der Waals surface area contributed by atoms with Crippen molar-refractivity contribution in [3.05, 3.63) is 70.0 Å². The van der Waals surface area contributed by atoms with Crippen LogP contribution in [0.3, 0.4) is 0 Å². The summed E-state index contributed by atoms with van der Waals surface area (Å²) in [6.07, 6.45) is 0. The second kappa shape index (κ2) is 6.18. The molecule has 0 spiro atoms. The summed E-state index contributed by atoms with van der Waals surface area (Å²) in [6, 6.07) is 13.0. The molecule has 20 heavy (non-hydrogen) atoms. The molecule has 2 rings (SSSR count). The number of amides is 1. The second-order valence-corrected chi connectivity index (χ2v) is 4.50. The first-order chi connectivity index (χ1) is 9.61. The number of halogens is 2. The van der Waals surface area contributed by atoms with Crippen LogP contribution < -0.4 is 5.32 Å². The molecular formula is C15H10ClFN2O. The van der Waals surface area contributed by atoms with E-state index < -0.39 is 11.7 Å². The van der Waals surface area contributed by atoms with Crippen LogP contribution in [0.15, 0.2) is 42.5 Å². The number of nitriles is 1. The van der Waals surface area contributed by atoms with Crippen molar-refractivity contribution in [2.75, 3.05) is 0 Å². The maximum atomic E-state index is 13.6. The summed E-state index contributed by atoms with van der Waals surface area (Å²) >= 11 is 5.62. The first-order valence-corrected chi connectivity index (χ1v) is 6.21. The lowest BCUT2D eigenvalue weighted by molar-refractivity contribution is 0.0947. The lowest BCUT2D eigenvalue weighted by Gasteiger charge is -2.07. The minimum absolute atomic E-state index is 0.0870. The van der Waals surface area contributed by atoms with Crippen LogP contribution in [0.2, 0.25) is 5.02 Å². The molecular weight excluding hydrogens is 279 g/mol. The quantitative estimate of drug-likeness (QED) is 0.942. The lowest BCUT2D eigenvalue weighted by Crippen LogP contribution is -2.23. The zero-order valence-corrected chi connectivity index (χ0v) is 11.1. The Morgan fingerprint density at radius 1 is 1.25 bits per heavy atom. The third kappa shape index (κ3) is 3.14. The molecule has 1 amide bonds. The Bertz CT molecular complexity index is 677. The van der Waals surface area contributed by atoms with E-state index in [9.17, 15) is 9.18 Å². The van der Waals surface area contributed by atoms with Crippen molar-refractivity contribution < 1.29 is 9.18 Å². The zero-order chi connectivity index (χ0) is 14.5. The SMILES string of the molecule is N#Cc1ccc(CNC(=O)c2cccc(Cl)c2F)cc1. The van der Waals surface area contributed by atoms with E-state index in [4.69, 9.17) is 16.9 Å². The first-order valence-electron chi connectivity index (χ1n) is 5.83. The predicted molar refractivity (Wildman–Crippen MR) is 73.7 cm³/mol. The van der Waals surface area contributed by atoms with Crippen LogP contribution >= 0.6 is 11.6 Å². The summed E-state index contributed by atoms with van der Waals surface area (Å²) in [6.45, 7) is 0.247. The molecule has 0 bridgehead atoms. The Morgan fingerprint density at radius 3 is 2.60 bits per heavy atom. The number of nitrogens with zero attached hydrogens (tertiary/aromatic N) is 1. The van der Waals surface area contributed by atoms with Crippen molar-refractivity contribution in [1.82, 2.24) is 5.32 Å². The number of benzene rings is 2. The normalized spacial score (nSPS) is 9.85. The molecule has 0 aliphatic rings. The Labute approximate surface area is 120 Å². The van der Waals surface area contributed by atoms with E-state index in [0.717, 1.165) is 5.56 Å². The minimum atomic E-state index is -0.730. The Kier molecular flexibility index (Phi) is 4.34. The summed E-state index contributed by atoms with van der Waals surface area (Å²) in [5.41, 5.74) is 1.27. The Balaban J connectivity index is 2.05. The molecule has 0 aliphatic carbocycles.